The minimum absolute atomic E-state index is 0. The maximum Gasteiger partial charge on any atom is 0.275 e. The molecule has 10 heteroatoms. The van der Waals surface area contributed by atoms with E-state index < -0.39 is 0 Å². The van der Waals surface area contributed by atoms with Crippen molar-refractivity contribution in [3.63, 3.8) is 0 Å². The molecular formula is C38H60Br2N4O4. The molecule has 0 aromatic heterocycles. The summed E-state index contributed by atoms with van der Waals surface area (Å²) in [5.41, 5.74) is 4.33. The fraction of sp³-hybridized carbons (Fsp3) is 0.526. The Morgan fingerprint density at radius 1 is 0.729 bits per heavy atom. The molecule has 2 aromatic rings. The van der Waals surface area contributed by atoms with Crippen LogP contribution in [0.3, 0.4) is 0 Å². The lowest BCUT2D eigenvalue weighted by Gasteiger charge is -2.29. The molecule has 0 aliphatic heterocycles. The fourth-order valence-electron chi connectivity index (χ4n) is 5.35. The van der Waals surface area contributed by atoms with Crippen LogP contribution in [0.15, 0.2) is 61.7 Å². The highest BCUT2D eigenvalue weighted by Gasteiger charge is 2.21. The van der Waals surface area contributed by atoms with Crippen LogP contribution in [0.4, 0.5) is 0 Å². The van der Waals surface area contributed by atoms with Crippen LogP contribution >= 0.6 is 0 Å². The number of amides is 2. The minimum atomic E-state index is 0. The Labute approximate surface area is 311 Å². The Balaban J connectivity index is 0.0000110. The third-order valence-electron chi connectivity index (χ3n) is 7.78. The van der Waals surface area contributed by atoms with Crippen molar-refractivity contribution >= 4 is 11.8 Å². The number of allylic oxidation sites excluding steroid dienone is 2. The number of ether oxygens (including phenoxy) is 2. The SMILES string of the molecule is C=CCc1ccc(OCCC[N+](C)(C)CC(=O)NCCC)c(-c2ccc(OCCC[N+](C)(C)CC(=O)NCCC)c(CC=C)c2)c1.[Br-].[Br-]. The quantitative estimate of drug-likeness (QED) is 0.0911. The van der Waals surface area contributed by atoms with Crippen molar-refractivity contribution in [1.29, 1.82) is 0 Å². The molecule has 0 atom stereocenters. The van der Waals surface area contributed by atoms with E-state index in [-0.39, 0.29) is 45.8 Å². The lowest BCUT2D eigenvalue weighted by atomic mass is 9.97. The zero-order valence-corrected chi connectivity index (χ0v) is 33.4. The van der Waals surface area contributed by atoms with Crippen LogP contribution in [0.5, 0.6) is 11.5 Å². The first-order chi connectivity index (χ1) is 21.9. The van der Waals surface area contributed by atoms with Gasteiger partial charge in [-0.1, -0.05) is 38.1 Å². The van der Waals surface area contributed by atoms with E-state index in [4.69, 9.17) is 9.47 Å². The molecule has 2 aromatic carbocycles. The lowest BCUT2D eigenvalue weighted by molar-refractivity contribution is -0.882. The first-order valence-corrected chi connectivity index (χ1v) is 16.8. The molecule has 0 aliphatic rings. The van der Waals surface area contributed by atoms with Gasteiger partial charge in [0.15, 0.2) is 13.1 Å². The standard InChI is InChI=1S/C38H58N4O4.2BrH/c1-9-15-31-17-19-36(46-26-14-24-42(7,8)30-38(44)40-22-12-4)34(27-31)32-18-20-35(33(28-32)16-10-2)45-25-13-23-41(5,6)29-37(43)39-21-11-3;;/h9-10,17-20,27-28H,1-2,11-16,21-26,29-30H2,3-8H3;2*1H. The van der Waals surface area contributed by atoms with Gasteiger partial charge < -0.3 is 63.0 Å². The largest absolute Gasteiger partial charge is 1.00 e. The summed E-state index contributed by atoms with van der Waals surface area (Å²) >= 11 is 0. The molecule has 0 unspecified atom stereocenters. The van der Waals surface area contributed by atoms with Crippen LogP contribution in [-0.4, -0.2) is 101 Å². The summed E-state index contributed by atoms with van der Waals surface area (Å²) in [6.45, 7) is 17.2. The van der Waals surface area contributed by atoms with Crippen LogP contribution in [0, 0.1) is 0 Å². The van der Waals surface area contributed by atoms with Gasteiger partial charge in [0, 0.05) is 31.5 Å². The molecular weight excluding hydrogens is 736 g/mol. The van der Waals surface area contributed by atoms with Gasteiger partial charge in [0.25, 0.3) is 11.8 Å². The van der Waals surface area contributed by atoms with Crippen molar-refractivity contribution in [2.24, 2.45) is 0 Å². The summed E-state index contributed by atoms with van der Waals surface area (Å²) in [4.78, 5) is 24.4. The zero-order valence-electron chi connectivity index (χ0n) is 30.2. The molecule has 2 rings (SSSR count). The van der Waals surface area contributed by atoms with Crippen LogP contribution in [0.1, 0.15) is 50.7 Å². The van der Waals surface area contributed by atoms with Gasteiger partial charge in [-0.15, -0.1) is 13.2 Å². The summed E-state index contributed by atoms with van der Waals surface area (Å²) in [7, 11) is 8.32. The van der Waals surface area contributed by atoms with Gasteiger partial charge in [-0.05, 0) is 66.6 Å². The Bertz CT molecular complexity index is 1280. The summed E-state index contributed by atoms with van der Waals surface area (Å²) < 4.78 is 13.9. The van der Waals surface area contributed by atoms with E-state index in [0.717, 1.165) is 73.4 Å². The van der Waals surface area contributed by atoms with E-state index in [0.29, 0.717) is 54.8 Å². The van der Waals surface area contributed by atoms with E-state index in [9.17, 15) is 9.59 Å². The number of nitrogens with one attached hydrogen (secondary N) is 2. The number of carbonyl (C=O) groups excluding carboxylic acids is 2. The van der Waals surface area contributed by atoms with Gasteiger partial charge in [-0.25, -0.2) is 0 Å². The number of nitrogens with zero attached hydrogens (tertiary/aromatic N) is 2. The first kappa shape index (κ1) is 45.3. The van der Waals surface area contributed by atoms with Gasteiger partial charge >= 0.3 is 0 Å². The van der Waals surface area contributed by atoms with Gasteiger partial charge in [-0.2, -0.15) is 0 Å². The smallest absolute Gasteiger partial charge is 0.275 e. The van der Waals surface area contributed by atoms with Gasteiger partial charge in [0.1, 0.15) is 11.5 Å². The lowest BCUT2D eigenvalue weighted by Crippen LogP contribution is -3.00. The molecule has 0 aliphatic carbocycles. The zero-order chi connectivity index (χ0) is 34.0. The highest BCUT2D eigenvalue weighted by molar-refractivity contribution is 5.77. The predicted molar refractivity (Wildman–Crippen MR) is 190 cm³/mol. The molecule has 2 N–H and O–H groups in total. The number of quaternary nitrogens is 2. The fourth-order valence-corrected chi connectivity index (χ4v) is 5.35. The molecule has 0 saturated carbocycles. The van der Waals surface area contributed by atoms with Crippen LogP contribution < -0.4 is 54.1 Å². The molecule has 0 spiro atoms. The highest BCUT2D eigenvalue weighted by atomic mass is 79.9. The van der Waals surface area contributed by atoms with Gasteiger partial charge in [-0.3, -0.25) is 9.59 Å². The molecule has 270 valence electrons. The Kier molecular flexibility index (Phi) is 22.3. The van der Waals surface area contributed by atoms with Crippen LogP contribution in [0.25, 0.3) is 11.1 Å². The van der Waals surface area contributed by atoms with Crippen molar-refractivity contribution in [1.82, 2.24) is 10.6 Å². The molecule has 0 heterocycles. The molecule has 0 fully saturated rings. The number of hydrogen-bond donors (Lipinski definition) is 2. The van der Waals surface area contributed by atoms with E-state index in [1.165, 1.54) is 5.56 Å². The second kappa shape index (κ2) is 23.7. The van der Waals surface area contributed by atoms with E-state index in [1.807, 2.05) is 24.3 Å². The molecule has 0 saturated heterocycles. The number of benzene rings is 2. The molecule has 8 nitrogen and oxygen atoms in total. The average molecular weight is 797 g/mol. The third kappa shape index (κ3) is 17.1. The Hall–Kier alpha value is -2.66. The molecule has 48 heavy (non-hydrogen) atoms. The molecule has 2 amide bonds. The average Bonchev–Trinajstić information content (AvgIpc) is 3.00. The second-order valence-electron chi connectivity index (χ2n) is 13.4. The Morgan fingerprint density at radius 3 is 1.73 bits per heavy atom. The maximum absolute atomic E-state index is 12.2. The monoisotopic (exact) mass is 794 g/mol. The second-order valence-corrected chi connectivity index (χ2v) is 13.4. The summed E-state index contributed by atoms with van der Waals surface area (Å²) in [5.74, 6) is 1.86. The first-order valence-electron chi connectivity index (χ1n) is 16.8. The van der Waals surface area contributed by atoms with Crippen LogP contribution in [-0.2, 0) is 22.4 Å². The number of hydrogen-bond acceptors (Lipinski definition) is 4. The predicted octanol–water partition coefficient (Wildman–Crippen LogP) is -0.438. The molecule has 0 bridgehead atoms. The topological polar surface area (TPSA) is 76.7 Å². The van der Waals surface area contributed by atoms with Crippen molar-refractivity contribution in [3.05, 3.63) is 72.8 Å². The minimum Gasteiger partial charge on any atom is -1.00 e. The number of rotatable bonds is 23. The van der Waals surface area contributed by atoms with Crippen molar-refractivity contribution in [2.45, 2.75) is 52.4 Å². The maximum atomic E-state index is 12.2. The van der Waals surface area contributed by atoms with Gasteiger partial charge in [0.05, 0.1) is 54.5 Å². The van der Waals surface area contributed by atoms with Crippen LogP contribution in [0.2, 0.25) is 0 Å². The van der Waals surface area contributed by atoms with E-state index in [1.54, 1.807) is 0 Å². The normalized spacial score (nSPS) is 11.0. The summed E-state index contributed by atoms with van der Waals surface area (Å²) in [6, 6.07) is 12.6. The third-order valence-corrected chi connectivity index (χ3v) is 7.78. The van der Waals surface area contributed by atoms with Crippen molar-refractivity contribution in [3.8, 4) is 22.6 Å². The summed E-state index contributed by atoms with van der Waals surface area (Å²) in [6.07, 6.45) is 8.80. The Morgan fingerprint density at radius 2 is 1.23 bits per heavy atom. The van der Waals surface area contributed by atoms with E-state index in [2.05, 4.69) is 90.1 Å². The van der Waals surface area contributed by atoms with Gasteiger partial charge in [0.2, 0.25) is 0 Å². The van der Waals surface area contributed by atoms with Crippen molar-refractivity contribution in [2.75, 3.05) is 80.7 Å². The number of carbonyl (C=O) groups is 2. The highest BCUT2D eigenvalue weighted by Crippen LogP contribution is 2.35. The number of halogens is 2. The summed E-state index contributed by atoms with van der Waals surface area (Å²) in [5, 5.41) is 5.94. The molecule has 0 radical (unpaired) electrons. The van der Waals surface area contributed by atoms with E-state index >= 15 is 0 Å². The van der Waals surface area contributed by atoms with Crippen molar-refractivity contribution < 1.29 is 62.0 Å². The number of likely N-dealkylation sites (N-methyl/N-ethyl adjacent to an activating group) is 2.